The fraction of sp³-hybridized carbons (Fsp3) is 0.226. The van der Waals surface area contributed by atoms with Crippen LogP contribution in [0.3, 0.4) is 0 Å². The maximum atomic E-state index is 12.8. The molecule has 3 aromatic rings. The van der Waals surface area contributed by atoms with Crippen LogP contribution in [0.4, 0.5) is 0 Å². The van der Waals surface area contributed by atoms with E-state index >= 15 is 0 Å². The van der Waals surface area contributed by atoms with E-state index in [1.807, 2.05) is 30.3 Å². The second-order valence-electron chi connectivity index (χ2n) is 9.36. The SMILES string of the molecule is CCOC(=O)C1=C(C)NC(=S)N[C@@H]1c1ccccc1OCC(=O)NN=Cc1cc(Br)c(OCc2ccc(I)cc2)c(OC)c1. The number of nitrogens with one attached hydrogen (secondary N) is 3. The van der Waals surface area contributed by atoms with E-state index in [1.54, 1.807) is 51.3 Å². The third-order valence-corrected chi connectivity index (χ3v) is 7.83. The van der Waals surface area contributed by atoms with Crippen molar-refractivity contribution in [2.45, 2.75) is 26.5 Å². The normalized spacial score (nSPS) is 14.5. The second kappa shape index (κ2) is 15.9. The molecule has 0 aliphatic carbocycles. The van der Waals surface area contributed by atoms with Gasteiger partial charge < -0.3 is 29.6 Å². The van der Waals surface area contributed by atoms with E-state index < -0.39 is 17.9 Å². The minimum atomic E-state index is -0.628. The van der Waals surface area contributed by atoms with Crippen LogP contribution in [0, 0.1) is 3.57 Å². The third-order valence-electron chi connectivity index (χ3n) is 6.30. The van der Waals surface area contributed by atoms with E-state index in [-0.39, 0.29) is 13.2 Å². The Hall–Kier alpha value is -3.69. The number of esters is 1. The Kier molecular flexibility index (Phi) is 12.0. The van der Waals surface area contributed by atoms with Gasteiger partial charge in [0.05, 0.1) is 36.0 Å². The number of hydrogen-bond donors (Lipinski definition) is 3. The molecule has 0 saturated heterocycles. The third kappa shape index (κ3) is 8.70. The second-order valence-corrected chi connectivity index (χ2v) is 11.9. The zero-order chi connectivity index (χ0) is 31.6. The Bertz CT molecular complexity index is 1600. The molecule has 3 N–H and O–H groups in total. The molecule has 13 heteroatoms. The molecule has 1 atom stereocenters. The smallest absolute Gasteiger partial charge is 0.338 e. The number of nitrogens with zero attached hydrogens (tertiary/aromatic N) is 1. The van der Waals surface area contributed by atoms with Gasteiger partial charge in [0.1, 0.15) is 12.4 Å². The largest absolute Gasteiger partial charge is 0.493 e. The molecule has 0 unspecified atom stereocenters. The maximum absolute atomic E-state index is 12.8. The molecule has 1 aliphatic rings. The molecular weight excluding hydrogens is 763 g/mol. The molecule has 44 heavy (non-hydrogen) atoms. The molecule has 0 aromatic heterocycles. The lowest BCUT2D eigenvalue weighted by Crippen LogP contribution is -2.45. The lowest BCUT2D eigenvalue weighted by atomic mass is 9.95. The summed E-state index contributed by atoms with van der Waals surface area (Å²) < 4.78 is 24.5. The quantitative estimate of drug-likeness (QED) is 0.0716. The highest BCUT2D eigenvalue weighted by atomic mass is 127. The Morgan fingerprint density at radius 1 is 1.11 bits per heavy atom. The summed E-state index contributed by atoms with van der Waals surface area (Å²) >= 11 is 11.1. The van der Waals surface area contributed by atoms with Gasteiger partial charge >= 0.3 is 5.97 Å². The molecule has 1 aliphatic heterocycles. The average molecular weight is 793 g/mol. The number of amides is 1. The van der Waals surface area contributed by atoms with Gasteiger partial charge in [-0.1, -0.05) is 30.3 Å². The molecule has 230 valence electrons. The van der Waals surface area contributed by atoms with Crippen LogP contribution < -0.4 is 30.3 Å². The van der Waals surface area contributed by atoms with Crippen molar-refractivity contribution in [3.05, 3.63) is 96.7 Å². The highest BCUT2D eigenvalue weighted by molar-refractivity contribution is 14.1. The highest BCUT2D eigenvalue weighted by Gasteiger charge is 2.32. The first-order chi connectivity index (χ1) is 21.2. The van der Waals surface area contributed by atoms with Gasteiger partial charge in [0.2, 0.25) is 0 Å². The summed E-state index contributed by atoms with van der Waals surface area (Å²) in [7, 11) is 1.55. The summed E-state index contributed by atoms with van der Waals surface area (Å²) in [4.78, 5) is 25.4. The number of hydrogen-bond acceptors (Lipinski definition) is 8. The maximum Gasteiger partial charge on any atom is 0.338 e. The Morgan fingerprint density at radius 2 is 1.86 bits per heavy atom. The van der Waals surface area contributed by atoms with E-state index in [9.17, 15) is 9.59 Å². The number of carbonyl (C=O) groups excluding carboxylic acids is 2. The number of thiocarbonyl (C=S) groups is 1. The van der Waals surface area contributed by atoms with Gasteiger partial charge in [0.15, 0.2) is 23.2 Å². The number of allylic oxidation sites excluding steroid dienone is 1. The Labute approximate surface area is 282 Å². The summed E-state index contributed by atoms with van der Waals surface area (Å²) in [6.07, 6.45) is 1.49. The molecule has 0 saturated carbocycles. The summed E-state index contributed by atoms with van der Waals surface area (Å²) in [5.41, 5.74) is 5.74. The van der Waals surface area contributed by atoms with E-state index in [0.29, 0.717) is 55.8 Å². The topological polar surface area (TPSA) is 120 Å². The fourth-order valence-corrected chi connectivity index (χ4v) is 5.51. The number of halogens is 2. The minimum Gasteiger partial charge on any atom is -0.493 e. The van der Waals surface area contributed by atoms with Crippen LogP contribution in [0.15, 0.2) is 81.5 Å². The number of para-hydroxylation sites is 1. The van der Waals surface area contributed by atoms with Gasteiger partial charge in [-0.25, -0.2) is 10.2 Å². The van der Waals surface area contributed by atoms with Crippen LogP contribution in [0.25, 0.3) is 0 Å². The zero-order valence-electron chi connectivity index (χ0n) is 24.1. The van der Waals surface area contributed by atoms with Crippen molar-refractivity contribution in [3.8, 4) is 17.2 Å². The van der Waals surface area contributed by atoms with Crippen LogP contribution in [0.1, 0.15) is 36.6 Å². The van der Waals surface area contributed by atoms with Crippen LogP contribution in [-0.2, 0) is 20.9 Å². The number of benzene rings is 3. The van der Waals surface area contributed by atoms with Gasteiger partial charge in [-0.2, -0.15) is 5.10 Å². The summed E-state index contributed by atoms with van der Waals surface area (Å²) in [6.45, 7) is 3.77. The summed E-state index contributed by atoms with van der Waals surface area (Å²) in [5, 5.41) is 10.5. The van der Waals surface area contributed by atoms with E-state index in [0.717, 1.165) is 9.13 Å². The van der Waals surface area contributed by atoms with Crippen molar-refractivity contribution in [2.75, 3.05) is 20.3 Å². The average Bonchev–Trinajstić information content (AvgIpc) is 3.00. The first-order valence-corrected chi connectivity index (χ1v) is 15.7. The Morgan fingerprint density at radius 3 is 2.59 bits per heavy atom. The first-order valence-electron chi connectivity index (χ1n) is 13.4. The molecule has 0 bridgehead atoms. The number of hydrazone groups is 1. The van der Waals surface area contributed by atoms with Crippen LogP contribution in [0.5, 0.6) is 17.2 Å². The molecule has 1 amide bonds. The number of carbonyl (C=O) groups is 2. The fourth-order valence-electron chi connectivity index (χ4n) is 4.30. The van der Waals surface area contributed by atoms with Crippen LogP contribution >= 0.6 is 50.7 Å². The lowest BCUT2D eigenvalue weighted by Gasteiger charge is -2.30. The van der Waals surface area contributed by atoms with E-state index in [4.69, 9.17) is 31.2 Å². The van der Waals surface area contributed by atoms with Crippen molar-refractivity contribution in [1.29, 1.82) is 0 Å². The van der Waals surface area contributed by atoms with E-state index in [2.05, 4.69) is 59.7 Å². The molecule has 0 spiro atoms. The minimum absolute atomic E-state index is 0.223. The van der Waals surface area contributed by atoms with Gasteiger partial charge in [-0.3, -0.25) is 4.79 Å². The summed E-state index contributed by atoms with van der Waals surface area (Å²) in [6, 6.07) is 18.1. The molecule has 0 fully saturated rings. The van der Waals surface area contributed by atoms with Crippen molar-refractivity contribution in [1.82, 2.24) is 16.1 Å². The predicted octanol–water partition coefficient (Wildman–Crippen LogP) is 5.53. The highest BCUT2D eigenvalue weighted by Crippen LogP contribution is 2.37. The number of ether oxygens (including phenoxy) is 4. The van der Waals surface area contributed by atoms with Gasteiger partial charge in [-0.15, -0.1) is 0 Å². The van der Waals surface area contributed by atoms with Crippen molar-refractivity contribution in [3.63, 3.8) is 0 Å². The van der Waals surface area contributed by atoms with Gasteiger partial charge in [-0.05, 0) is 106 Å². The monoisotopic (exact) mass is 792 g/mol. The number of rotatable bonds is 12. The van der Waals surface area contributed by atoms with Crippen molar-refractivity contribution in [2.24, 2.45) is 5.10 Å². The molecule has 3 aromatic carbocycles. The summed E-state index contributed by atoms with van der Waals surface area (Å²) in [5.74, 6) is 0.506. The zero-order valence-corrected chi connectivity index (χ0v) is 28.7. The van der Waals surface area contributed by atoms with Crippen molar-refractivity contribution >= 4 is 73.9 Å². The van der Waals surface area contributed by atoms with E-state index in [1.165, 1.54) is 6.21 Å². The van der Waals surface area contributed by atoms with Gasteiger partial charge in [0, 0.05) is 14.8 Å². The lowest BCUT2D eigenvalue weighted by molar-refractivity contribution is -0.139. The van der Waals surface area contributed by atoms with Crippen molar-refractivity contribution < 1.29 is 28.5 Å². The molecule has 4 rings (SSSR count). The van der Waals surface area contributed by atoms with Crippen LogP contribution in [0.2, 0.25) is 0 Å². The molecule has 0 radical (unpaired) electrons. The first kappa shape index (κ1) is 33.2. The van der Waals surface area contributed by atoms with Crippen LogP contribution in [-0.4, -0.2) is 43.5 Å². The molecule has 10 nitrogen and oxygen atoms in total. The number of methoxy groups -OCH3 is 1. The molecule has 1 heterocycles. The van der Waals surface area contributed by atoms with Gasteiger partial charge in [0.25, 0.3) is 5.91 Å². The molecular formula is C31H30BrIN4O6S. The standard InChI is InChI=1S/C31H30BrIN4O6S/c1-4-41-30(39)27-18(2)35-31(44)36-28(27)22-7-5-6-8-24(22)42-17-26(38)37-34-15-20-13-23(32)29(25(14-20)40-3)43-16-19-9-11-21(33)12-10-19/h5-15,28H,4,16-17H2,1-3H3,(H,37,38)(H2,35,36,44)/t28-/m1/s1. The predicted molar refractivity (Wildman–Crippen MR) is 183 cm³/mol. The Balaban J connectivity index is 1.39.